The fourth-order valence-electron chi connectivity index (χ4n) is 1.22. The average Bonchev–Trinajstić information content (AvgIpc) is 2.20. The first-order chi connectivity index (χ1) is 6.29. The molecule has 0 N–H and O–H groups in total. The smallest absolute Gasteiger partial charge is 0.214 e. The van der Waals surface area contributed by atoms with Crippen molar-refractivity contribution in [1.82, 2.24) is 0 Å². The van der Waals surface area contributed by atoms with Gasteiger partial charge in [0.25, 0.3) is 0 Å². The summed E-state index contributed by atoms with van der Waals surface area (Å²) in [5.41, 5.74) is 0.965. The Labute approximate surface area is 79.2 Å². The summed E-state index contributed by atoms with van der Waals surface area (Å²) in [4.78, 5) is 12.6. The minimum atomic E-state index is 0.264. The summed E-state index contributed by atoms with van der Waals surface area (Å²) in [6, 6.07) is 9.98. The second-order valence-corrected chi connectivity index (χ2v) is 3.11. The van der Waals surface area contributed by atoms with Gasteiger partial charge in [-0.2, -0.15) is 0 Å². The van der Waals surface area contributed by atoms with Crippen LogP contribution in [0.5, 0.6) is 0 Å². The topological polar surface area (TPSA) is 20.3 Å². The molecule has 0 saturated carbocycles. The molecule has 1 unspecified atom stereocenters. The van der Waals surface area contributed by atoms with E-state index in [1.807, 2.05) is 37.3 Å². The third-order valence-electron chi connectivity index (χ3n) is 2.23. The van der Waals surface area contributed by atoms with Crippen LogP contribution in [0.2, 0.25) is 0 Å². The van der Waals surface area contributed by atoms with E-state index >= 15 is 0 Å². The van der Waals surface area contributed by atoms with Gasteiger partial charge in [-0.3, -0.25) is 4.79 Å². The second kappa shape index (κ2) is 4.65. The molecule has 1 aromatic rings. The molecule has 1 rings (SSSR count). The first-order valence-electron chi connectivity index (χ1n) is 4.58. The number of rotatable bonds is 4. The molecule has 1 amide bonds. The molecule has 70 valence electrons. The van der Waals surface area contributed by atoms with Crippen LogP contribution in [0.3, 0.4) is 0 Å². The highest BCUT2D eigenvalue weighted by molar-refractivity contribution is 5.75. The summed E-state index contributed by atoms with van der Waals surface area (Å²) < 4.78 is 0. The van der Waals surface area contributed by atoms with E-state index in [2.05, 4.69) is 6.92 Å². The van der Waals surface area contributed by atoms with Crippen molar-refractivity contribution in [2.45, 2.75) is 26.3 Å². The van der Waals surface area contributed by atoms with Gasteiger partial charge < -0.3 is 4.90 Å². The maximum absolute atomic E-state index is 10.8. The second-order valence-electron chi connectivity index (χ2n) is 3.11. The highest BCUT2D eigenvalue weighted by Crippen LogP contribution is 2.15. The minimum absolute atomic E-state index is 0.264. The molecule has 0 aliphatic rings. The standard InChI is InChI=1S/C11H15NO/c1-3-10(2)12(9-13)11-7-5-4-6-8-11/h4-10H,3H2,1-2H3. The zero-order valence-corrected chi connectivity index (χ0v) is 8.10. The van der Waals surface area contributed by atoms with E-state index in [4.69, 9.17) is 0 Å². The molecule has 0 spiro atoms. The first kappa shape index (κ1) is 9.78. The van der Waals surface area contributed by atoms with Gasteiger partial charge >= 0.3 is 0 Å². The number of nitrogens with zero attached hydrogens (tertiary/aromatic N) is 1. The van der Waals surface area contributed by atoms with Gasteiger partial charge in [0.05, 0.1) is 0 Å². The Balaban J connectivity index is 2.84. The van der Waals surface area contributed by atoms with Gasteiger partial charge in [0.2, 0.25) is 6.41 Å². The lowest BCUT2D eigenvalue weighted by atomic mass is 10.2. The van der Waals surface area contributed by atoms with Crippen LogP contribution in [0.4, 0.5) is 5.69 Å². The van der Waals surface area contributed by atoms with Crippen LogP contribution in [0.1, 0.15) is 20.3 Å². The van der Waals surface area contributed by atoms with E-state index in [1.165, 1.54) is 0 Å². The lowest BCUT2D eigenvalue weighted by Crippen LogP contribution is -2.30. The number of amides is 1. The van der Waals surface area contributed by atoms with Crippen molar-refractivity contribution in [1.29, 1.82) is 0 Å². The largest absolute Gasteiger partial charge is 0.312 e. The zero-order valence-electron chi connectivity index (χ0n) is 8.10. The van der Waals surface area contributed by atoms with Crippen LogP contribution in [-0.4, -0.2) is 12.5 Å². The predicted molar refractivity (Wildman–Crippen MR) is 54.7 cm³/mol. The number of para-hydroxylation sites is 1. The lowest BCUT2D eigenvalue weighted by Gasteiger charge is -2.23. The van der Waals surface area contributed by atoms with Gasteiger partial charge in [0.1, 0.15) is 0 Å². The van der Waals surface area contributed by atoms with Crippen molar-refractivity contribution in [3.63, 3.8) is 0 Å². The van der Waals surface area contributed by atoms with Crippen LogP contribution in [0.25, 0.3) is 0 Å². The lowest BCUT2D eigenvalue weighted by molar-refractivity contribution is -0.107. The SMILES string of the molecule is CCC(C)N(C=O)c1ccccc1. The van der Waals surface area contributed by atoms with Crippen molar-refractivity contribution >= 4 is 12.1 Å². The fraction of sp³-hybridized carbons (Fsp3) is 0.364. The van der Waals surface area contributed by atoms with Crippen LogP contribution in [0.15, 0.2) is 30.3 Å². The molecule has 0 aliphatic carbocycles. The van der Waals surface area contributed by atoms with Crippen molar-refractivity contribution < 1.29 is 4.79 Å². The number of carbonyl (C=O) groups excluding carboxylic acids is 1. The molecule has 2 heteroatoms. The summed E-state index contributed by atoms with van der Waals surface area (Å²) in [6.45, 7) is 4.12. The quantitative estimate of drug-likeness (QED) is 0.647. The number of carbonyl (C=O) groups is 1. The molecule has 2 nitrogen and oxygen atoms in total. The molecule has 1 atom stereocenters. The number of benzene rings is 1. The van der Waals surface area contributed by atoms with E-state index in [1.54, 1.807) is 4.90 Å². The molecule has 13 heavy (non-hydrogen) atoms. The van der Waals surface area contributed by atoms with Crippen LogP contribution in [-0.2, 0) is 4.79 Å². The van der Waals surface area contributed by atoms with E-state index in [9.17, 15) is 4.79 Å². The van der Waals surface area contributed by atoms with Crippen molar-refractivity contribution in [3.8, 4) is 0 Å². The molecular weight excluding hydrogens is 162 g/mol. The number of anilines is 1. The molecule has 0 heterocycles. The maximum Gasteiger partial charge on any atom is 0.214 e. The normalized spacial score (nSPS) is 12.2. The van der Waals surface area contributed by atoms with Crippen LogP contribution < -0.4 is 4.90 Å². The Morgan fingerprint density at radius 2 is 2.00 bits per heavy atom. The molecule has 0 fully saturated rings. The molecule has 0 aromatic heterocycles. The Kier molecular flexibility index (Phi) is 3.50. The van der Waals surface area contributed by atoms with Crippen LogP contribution >= 0.6 is 0 Å². The monoisotopic (exact) mass is 177 g/mol. The van der Waals surface area contributed by atoms with E-state index in [0.29, 0.717) is 0 Å². The van der Waals surface area contributed by atoms with Gasteiger partial charge in [-0.05, 0) is 25.5 Å². The molecule has 0 saturated heterocycles. The molecule has 0 aliphatic heterocycles. The summed E-state index contributed by atoms with van der Waals surface area (Å²) in [6.07, 6.45) is 1.86. The minimum Gasteiger partial charge on any atom is -0.312 e. The molecular formula is C11H15NO. The third-order valence-corrected chi connectivity index (χ3v) is 2.23. The van der Waals surface area contributed by atoms with Gasteiger partial charge in [-0.25, -0.2) is 0 Å². The summed E-state index contributed by atoms with van der Waals surface area (Å²) in [7, 11) is 0. The van der Waals surface area contributed by atoms with Gasteiger partial charge in [-0.15, -0.1) is 0 Å². The van der Waals surface area contributed by atoms with E-state index < -0.39 is 0 Å². The summed E-state index contributed by atoms with van der Waals surface area (Å²) >= 11 is 0. The maximum atomic E-state index is 10.8. The van der Waals surface area contributed by atoms with Gasteiger partial charge in [0, 0.05) is 11.7 Å². The Morgan fingerprint density at radius 1 is 1.38 bits per heavy atom. The first-order valence-corrected chi connectivity index (χ1v) is 4.58. The molecule has 0 bridgehead atoms. The van der Waals surface area contributed by atoms with Crippen LogP contribution in [0, 0.1) is 0 Å². The third kappa shape index (κ3) is 2.31. The number of hydrogen-bond donors (Lipinski definition) is 0. The molecule has 0 radical (unpaired) electrons. The average molecular weight is 177 g/mol. The predicted octanol–water partition coefficient (Wildman–Crippen LogP) is 2.45. The van der Waals surface area contributed by atoms with Crippen molar-refractivity contribution in [2.24, 2.45) is 0 Å². The zero-order chi connectivity index (χ0) is 9.68. The Hall–Kier alpha value is -1.31. The summed E-state index contributed by atoms with van der Waals surface area (Å²) in [5.74, 6) is 0. The summed E-state index contributed by atoms with van der Waals surface area (Å²) in [5, 5.41) is 0. The van der Waals surface area contributed by atoms with Crippen molar-refractivity contribution in [3.05, 3.63) is 30.3 Å². The number of hydrogen-bond acceptors (Lipinski definition) is 1. The highest BCUT2D eigenvalue weighted by Gasteiger charge is 2.10. The van der Waals surface area contributed by atoms with Gasteiger partial charge in [0.15, 0.2) is 0 Å². The molecule has 1 aromatic carbocycles. The Bertz CT molecular complexity index is 258. The fourth-order valence-corrected chi connectivity index (χ4v) is 1.22. The van der Waals surface area contributed by atoms with E-state index in [0.717, 1.165) is 18.5 Å². The van der Waals surface area contributed by atoms with E-state index in [-0.39, 0.29) is 6.04 Å². The Morgan fingerprint density at radius 3 is 2.46 bits per heavy atom. The van der Waals surface area contributed by atoms with Gasteiger partial charge in [-0.1, -0.05) is 25.1 Å². The van der Waals surface area contributed by atoms with Crippen molar-refractivity contribution in [2.75, 3.05) is 4.90 Å². The highest BCUT2D eigenvalue weighted by atomic mass is 16.1.